The van der Waals surface area contributed by atoms with Gasteiger partial charge in [0.05, 0.1) is 0 Å². The van der Waals surface area contributed by atoms with Crippen LogP contribution < -0.4 is 0 Å². The van der Waals surface area contributed by atoms with E-state index in [2.05, 4.69) is 37.9 Å². The lowest BCUT2D eigenvalue weighted by Crippen LogP contribution is -2.08. The molecule has 1 heteroatoms. The predicted octanol–water partition coefficient (Wildman–Crippen LogP) is 2.95. The lowest BCUT2D eigenvalue weighted by atomic mass is 9.85. The fraction of sp³-hybridized carbons (Fsp3) is 0.500. The summed E-state index contributed by atoms with van der Waals surface area (Å²) >= 11 is 0. The zero-order valence-electron chi connectivity index (χ0n) is 7.68. The van der Waals surface area contributed by atoms with Crippen LogP contribution in [0, 0.1) is 5.41 Å². The fourth-order valence-electron chi connectivity index (χ4n) is 1.01. The normalized spacial score (nSPS) is 22.2. The van der Waals surface area contributed by atoms with Crippen molar-refractivity contribution in [3.63, 3.8) is 0 Å². The Morgan fingerprint density at radius 1 is 1.27 bits per heavy atom. The SMILES string of the molecule is CC1=CC(C)=NC=CC1(C)C. The Morgan fingerprint density at radius 3 is 2.55 bits per heavy atom. The number of hydrogen-bond acceptors (Lipinski definition) is 1. The highest BCUT2D eigenvalue weighted by atomic mass is 14.7. The maximum Gasteiger partial charge on any atom is 0.0372 e. The van der Waals surface area contributed by atoms with Gasteiger partial charge in [0.25, 0.3) is 0 Å². The average molecular weight is 149 g/mol. The summed E-state index contributed by atoms with van der Waals surface area (Å²) in [4.78, 5) is 4.23. The standard InChI is InChI=1S/C10H15N/c1-8-7-9(2)11-6-5-10(8,3)4/h5-7H,1-4H3. The molecule has 0 bridgehead atoms. The van der Waals surface area contributed by atoms with E-state index in [1.807, 2.05) is 13.1 Å². The minimum absolute atomic E-state index is 0.168. The molecule has 1 rings (SSSR count). The van der Waals surface area contributed by atoms with Gasteiger partial charge in [-0.2, -0.15) is 0 Å². The van der Waals surface area contributed by atoms with Gasteiger partial charge in [-0.1, -0.05) is 25.5 Å². The molecule has 1 aliphatic heterocycles. The van der Waals surface area contributed by atoms with E-state index < -0.39 is 0 Å². The van der Waals surface area contributed by atoms with Gasteiger partial charge < -0.3 is 0 Å². The second-order valence-electron chi connectivity index (χ2n) is 3.64. The summed E-state index contributed by atoms with van der Waals surface area (Å²) in [5, 5.41) is 0. The first-order chi connectivity index (χ1) is 5.02. The van der Waals surface area contributed by atoms with Crippen molar-refractivity contribution in [1.82, 2.24) is 0 Å². The van der Waals surface area contributed by atoms with E-state index in [0.29, 0.717) is 0 Å². The third kappa shape index (κ3) is 1.79. The van der Waals surface area contributed by atoms with E-state index in [4.69, 9.17) is 0 Å². The molecule has 60 valence electrons. The number of rotatable bonds is 0. The van der Waals surface area contributed by atoms with Crippen molar-refractivity contribution in [1.29, 1.82) is 0 Å². The largest absolute Gasteiger partial charge is 0.262 e. The van der Waals surface area contributed by atoms with E-state index in [1.54, 1.807) is 0 Å². The predicted molar refractivity (Wildman–Crippen MR) is 49.8 cm³/mol. The van der Waals surface area contributed by atoms with Crippen LogP contribution in [0.2, 0.25) is 0 Å². The van der Waals surface area contributed by atoms with Crippen LogP contribution in [0.15, 0.2) is 28.9 Å². The molecule has 0 amide bonds. The van der Waals surface area contributed by atoms with Crippen LogP contribution >= 0.6 is 0 Å². The van der Waals surface area contributed by atoms with Gasteiger partial charge in [0, 0.05) is 17.3 Å². The van der Waals surface area contributed by atoms with Crippen molar-refractivity contribution >= 4 is 5.71 Å². The third-order valence-corrected chi connectivity index (χ3v) is 2.21. The molecule has 11 heavy (non-hydrogen) atoms. The topological polar surface area (TPSA) is 12.4 Å². The zero-order chi connectivity index (χ0) is 8.48. The molecule has 0 saturated carbocycles. The van der Waals surface area contributed by atoms with Gasteiger partial charge in [-0.15, -0.1) is 0 Å². The molecule has 0 N–H and O–H groups in total. The molecular weight excluding hydrogens is 134 g/mol. The molecule has 1 heterocycles. The molecule has 0 aromatic carbocycles. The molecule has 0 spiro atoms. The van der Waals surface area contributed by atoms with Crippen LogP contribution in [0.4, 0.5) is 0 Å². The molecular formula is C10H15N. The summed E-state index contributed by atoms with van der Waals surface area (Å²) in [5.41, 5.74) is 2.62. The van der Waals surface area contributed by atoms with Crippen LogP contribution in [0.3, 0.4) is 0 Å². The molecule has 0 atom stereocenters. The van der Waals surface area contributed by atoms with Gasteiger partial charge >= 0.3 is 0 Å². The Kier molecular flexibility index (Phi) is 1.99. The number of allylic oxidation sites excluding steroid dienone is 3. The van der Waals surface area contributed by atoms with E-state index in [-0.39, 0.29) is 5.41 Å². The highest BCUT2D eigenvalue weighted by molar-refractivity contribution is 5.94. The van der Waals surface area contributed by atoms with Crippen molar-refractivity contribution in [3.05, 3.63) is 23.9 Å². The van der Waals surface area contributed by atoms with Crippen LogP contribution in [-0.4, -0.2) is 5.71 Å². The minimum atomic E-state index is 0.168. The average Bonchev–Trinajstić information content (AvgIpc) is 1.94. The zero-order valence-corrected chi connectivity index (χ0v) is 7.68. The molecule has 0 radical (unpaired) electrons. The fourth-order valence-corrected chi connectivity index (χ4v) is 1.01. The molecule has 0 aromatic heterocycles. The first-order valence-corrected chi connectivity index (χ1v) is 3.93. The van der Waals surface area contributed by atoms with Gasteiger partial charge in [-0.3, -0.25) is 4.99 Å². The van der Waals surface area contributed by atoms with Crippen molar-refractivity contribution in [3.8, 4) is 0 Å². The minimum Gasteiger partial charge on any atom is -0.262 e. The Hall–Kier alpha value is -0.850. The summed E-state index contributed by atoms with van der Waals surface area (Å²) in [7, 11) is 0. The van der Waals surface area contributed by atoms with E-state index in [9.17, 15) is 0 Å². The summed E-state index contributed by atoms with van der Waals surface area (Å²) in [6, 6.07) is 0. The molecule has 0 fully saturated rings. The first-order valence-electron chi connectivity index (χ1n) is 3.93. The first kappa shape index (κ1) is 8.25. The lowest BCUT2D eigenvalue weighted by Gasteiger charge is -2.19. The third-order valence-electron chi connectivity index (χ3n) is 2.21. The van der Waals surface area contributed by atoms with Gasteiger partial charge in [-0.05, 0) is 19.9 Å². The molecule has 1 nitrogen and oxygen atoms in total. The molecule has 0 aromatic rings. The van der Waals surface area contributed by atoms with Crippen LogP contribution in [0.1, 0.15) is 27.7 Å². The second kappa shape index (κ2) is 2.65. The maximum atomic E-state index is 4.23. The maximum absolute atomic E-state index is 4.23. The summed E-state index contributed by atoms with van der Waals surface area (Å²) in [6.45, 7) is 8.57. The van der Waals surface area contributed by atoms with Crippen molar-refractivity contribution in [2.75, 3.05) is 0 Å². The quantitative estimate of drug-likeness (QED) is 0.502. The number of nitrogens with zero attached hydrogens (tertiary/aromatic N) is 1. The molecule has 0 aliphatic carbocycles. The highest BCUT2D eigenvalue weighted by Crippen LogP contribution is 2.28. The van der Waals surface area contributed by atoms with Crippen molar-refractivity contribution in [2.45, 2.75) is 27.7 Å². The van der Waals surface area contributed by atoms with Crippen LogP contribution in [0.25, 0.3) is 0 Å². The van der Waals surface area contributed by atoms with Crippen molar-refractivity contribution in [2.24, 2.45) is 10.4 Å². The Morgan fingerprint density at radius 2 is 1.91 bits per heavy atom. The van der Waals surface area contributed by atoms with E-state index in [1.165, 1.54) is 5.57 Å². The lowest BCUT2D eigenvalue weighted by molar-refractivity contribution is 0.580. The Balaban J connectivity index is 3.05. The van der Waals surface area contributed by atoms with Crippen LogP contribution in [0.5, 0.6) is 0 Å². The summed E-state index contributed by atoms with van der Waals surface area (Å²) in [5.74, 6) is 0. The van der Waals surface area contributed by atoms with E-state index >= 15 is 0 Å². The van der Waals surface area contributed by atoms with Crippen LogP contribution in [-0.2, 0) is 0 Å². The molecule has 0 saturated heterocycles. The van der Waals surface area contributed by atoms with Gasteiger partial charge in [0.15, 0.2) is 0 Å². The Bertz CT molecular complexity index is 242. The Labute approximate surface area is 68.5 Å². The van der Waals surface area contributed by atoms with Gasteiger partial charge in [0.1, 0.15) is 0 Å². The van der Waals surface area contributed by atoms with Crippen molar-refractivity contribution < 1.29 is 0 Å². The molecule has 1 aliphatic rings. The highest BCUT2D eigenvalue weighted by Gasteiger charge is 2.17. The van der Waals surface area contributed by atoms with E-state index in [0.717, 1.165) is 5.71 Å². The van der Waals surface area contributed by atoms with Gasteiger partial charge in [-0.25, -0.2) is 0 Å². The number of hydrogen-bond donors (Lipinski definition) is 0. The number of aliphatic imine (C=N–C) groups is 1. The summed E-state index contributed by atoms with van der Waals surface area (Å²) in [6.07, 6.45) is 6.16. The smallest absolute Gasteiger partial charge is 0.0372 e. The molecule has 0 unspecified atom stereocenters. The van der Waals surface area contributed by atoms with Gasteiger partial charge in [0.2, 0.25) is 0 Å². The second-order valence-corrected chi connectivity index (χ2v) is 3.64. The summed E-state index contributed by atoms with van der Waals surface area (Å²) < 4.78 is 0. The monoisotopic (exact) mass is 149 g/mol.